The van der Waals surface area contributed by atoms with E-state index in [1.807, 2.05) is 22.7 Å². The van der Waals surface area contributed by atoms with Gasteiger partial charge in [0.25, 0.3) is 0 Å². The van der Waals surface area contributed by atoms with Crippen LogP contribution in [0.3, 0.4) is 0 Å². The van der Waals surface area contributed by atoms with E-state index in [0.717, 1.165) is 12.8 Å². The maximum atomic E-state index is 12.3. The predicted molar refractivity (Wildman–Crippen MR) is 87.8 cm³/mol. The molecule has 1 aromatic heterocycles. The Morgan fingerprint density at radius 2 is 2.00 bits per heavy atom. The molecule has 2 atom stereocenters. The topological polar surface area (TPSA) is 70.4 Å². The van der Waals surface area contributed by atoms with Crippen molar-refractivity contribution in [3.63, 3.8) is 0 Å². The van der Waals surface area contributed by atoms with Gasteiger partial charge in [-0.15, -0.1) is 0 Å². The van der Waals surface area contributed by atoms with Gasteiger partial charge in [0.1, 0.15) is 11.9 Å². The van der Waals surface area contributed by atoms with Gasteiger partial charge >= 0.3 is 6.03 Å². The number of piperidine rings is 1. The lowest BCUT2D eigenvalue weighted by Gasteiger charge is -2.37. The third-order valence-corrected chi connectivity index (χ3v) is 5.60. The Bertz CT molecular complexity index is 532. The number of aryl methyl sites for hydroxylation is 1. The molecule has 2 amide bonds. The largest absolute Gasteiger partial charge is 0.385 e. The van der Waals surface area contributed by atoms with Crippen LogP contribution < -0.4 is 5.32 Å². The second-order valence-electron chi connectivity index (χ2n) is 7.09. The molecule has 128 valence electrons. The monoisotopic (exact) mass is 320 g/mol. The number of rotatable bonds is 4. The van der Waals surface area contributed by atoms with Crippen LogP contribution in [0.25, 0.3) is 0 Å². The molecule has 0 aromatic carbocycles. The lowest BCUT2D eigenvalue weighted by atomic mass is 9.80. The van der Waals surface area contributed by atoms with Crippen LogP contribution in [-0.4, -0.2) is 44.7 Å². The summed E-state index contributed by atoms with van der Waals surface area (Å²) in [5, 5.41) is 13.6. The average Bonchev–Trinajstić information content (AvgIpc) is 2.91. The molecule has 6 heteroatoms. The van der Waals surface area contributed by atoms with E-state index in [1.54, 1.807) is 6.20 Å². The first-order valence-corrected chi connectivity index (χ1v) is 8.77. The van der Waals surface area contributed by atoms with Gasteiger partial charge in [0.05, 0.1) is 0 Å². The van der Waals surface area contributed by atoms with Crippen LogP contribution in [0.15, 0.2) is 12.4 Å². The molecule has 23 heavy (non-hydrogen) atoms. The van der Waals surface area contributed by atoms with Gasteiger partial charge in [-0.25, -0.2) is 9.78 Å². The fourth-order valence-electron chi connectivity index (χ4n) is 3.63. The van der Waals surface area contributed by atoms with Crippen molar-refractivity contribution in [1.29, 1.82) is 0 Å². The summed E-state index contributed by atoms with van der Waals surface area (Å²) in [4.78, 5) is 18.5. The Labute approximate surface area is 137 Å². The van der Waals surface area contributed by atoms with E-state index in [2.05, 4.69) is 17.2 Å². The zero-order valence-corrected chi connectivity index (χ0v) is 14.1. The Morgan fingerprint density at radius 3 is 2.52 bits per heavy atom. The number of hydrogen-bond acceptors (Lipinski definition) is 3. The number of amides is 2. The summed E-state index contributed by atoms with van der Waals surface area (Å²) in [5.41, 5.74) is 0. The third kappa shape index (κ3) is 3.52. The summed E-state index contributed by atoms with van der Waals surface area (Å²) in [6.07, 6.45) is 8.42. The van der Waals surface area contributed by atoms with Crippen LogP contribution in [-0.2, 0) is 7.05 Å². The quantitative estimate of drug-likeness (QED) is 0.892. The van der Waals surface area contributed by atoms with Gasteiger partial charge in [-0.2, -0.15) is 0 Å². The van der Waals surface area contributed by atoms with Crippen molar-refractivity contribution in [1.82, 2.24) is 19.8 Å². The lowest BCUT2D eigenvalue weighted by Crippen LogP contribution is -2.50. The molecule has 6 nitrogen and oxygen atoms in total. The van der Waals surface area contributed by atoms with Gasteiger partial charge in [0.2, 0.25) is 0 Å². The molecule has 1 aliphatic heterocycles. The number of aromatic nitrogens is 2. The minimum Gasteiger partial charge on any atom is -0.385 e. The second kappa shape index (κ2) is 6.91. The van der Waals surface area contributed by atoms with Gasteiger partial charge in [0, 0.05) is 38.6 Å². The number of urea groups is 1. The Kier molecular flexibility index (Phi) is 4.90. The Morgan fingerprint density at radius 1 is 1.30 bits per heavy atom. The average molecular weight is 320 g/mol. The number of nitrogens with one attached hydrogen (secondary N) is 1. The number of likely N-dealkylation sites (tertiary alicyclic amines) is 1. The third-order valence-electron chi connectivity index (χ3n) is 5.60. The molecule has 1 aromatic rings. The van der Waals surface area contributed by atoms with Crippen LogP contribution in [0.5, 0.6) is 0 Å². The van der Waals surface area contributed by atoms with Gasteiger partial charge in [0.15, 0.2) is 0 Å². The number of carbonyl (C=O) groups excluding carboxylic acids is 1. The van der Waals surface area contributed by atoms with E-state index >= 15 is 0 Å². The summed E-state index contributed by atoms with van der Waals surface area (Å²) >= 11 is 0. The minimum absolute atomic E-state index is 0.0503. The zero-order valence-electron chi connectivity index (χ0n) is 14.1. The van der Waals surface area contributed by atoms with E-state index in [9.17, 15) is 9.90 Å². The van der Waals surface area contributed by atoms with Crippen molar-refractivity contribution in [2.75, 3.05) is 13.1 Å². The van der Waals surface area contributed by atoms with Crippen molar-refractivity contribution in [2.45, 2.75) is 51.2 Å². The first-order chi connectivity index (χ1) is 11.1. The number of aliphatic hydroxyl groups is 1. The standard InChI is InChI=1S/C17H28N4O2/c1-12(13-4-3-5-13)19-17(23)21-9-6-14(7-10-21)15(22)16-18-8-11-20(16)2/h8,11-15,22H,3-7,9-10H2,1-2H3,(H,19,23). The van der Waals surface area contributed by atoms with Crippen molar-refractivity contribution >= 4 is 6.03 Å². The van der Waals surface area contributed by atoms with Crippen LogP contribution in [0, 0.1) is 11.8 Å². The van der Waals surface area contributed by atoms with Crippen molar-refractivity contribution in [3.05, 3.63) is 18.2 Å². The normalized spacial score (nSPS) is 22.5. The molecular weight excluding hydrogens is 292 g/mol. The SMILES string of the molecule is CC(NC(=O)N1CCC(C(O)c2nccn2C)CC1)C1CCC1. The first kappa shape index (κ1) is 16.3. The molecule has 0 radical (unpaired) electrons. The fourth-order valence-corrected chi connectivity index (χ4v) is 3.63. The number of aliphatic hydroxyl groups excluding tert-OH is 1. The summed E-state index contributed by atoms with van der Waals surface area (Å²) in [7, 11) is 1.90. The van der Waals surface area contributed by atoms with Gasteiger partial charge in [-0.1, -0.05) is 6.42 Å². The molecule has 2 heterocycles. The molecule has 2 unspecified atom stereocenters. The minimum atomic E-state index is -0.547. The molecule has 2 aliphatic rings. The highest BCUT2D eigenvalue weighted by molar-refractivity contribution is 5.74. The second-order valence-corrected chi connectivity index (χ2v) is 7.09. The molecule has 0 spiro atoms. The maximum Gasteiger partial charge on any atom is 0.317 e. The van der Waals surface area contributed by atoms with Gasteiger partial charge < -0.3 is 19.9 Å². The van der Waals surface area contributed by atoms with Gasteiger partial charge in [-0.05, 0) is 44.4 Å². The molecule has 2 fully saturated rings. The predicted octanol–water partition coefficient (Wildman–Crippen LogP) is 2.06. The van der Waals surface area contributed by atoms with Crippen LogP contribution in [0.2, 0.25) is 0 Å². The highest BCUT2D eigenvalue weighted by atomic mass is 16.3. The molecule has 1 saturated carbocycles. The van der Waals surface area contributed by atoms with E-state index in [-0.39, 0.29) is 18.0 Å². The zero-order chi connectivity index (χ0) is 16.4. The highest BCUT2D eigenvalue weighted by Crippen LogP contribution is 2.31. The van der Waals surface area contributed by atoms with E-state index in [1.165, 1.54) is 19.3 Å². The van der Waals surface area contributed by atoms with Crippen LogP contribution in [0.4, 0.5) is 4.79 Å². The van der Waals surface area contributed by atoms with Crippen molar-refractivity contribution in [2.24, 2.45) is 18.9 Å². The molecule has 1 aliphatic carbocycles. The number of imidazole rings is 1. The number of hydrogen-bond donors (Lipinski definition) is 2. The molecular formula is C17H28N4O2. The first-order valence-electron chi connectivity index (χ1n) is 8.77. The number of carbonyl (C=O) groups is 1. The number of nitrogens with zero attached hydrogens (tertiary/aromatic N) is 3. The Balaban J connectivity index is 1.48. The highest BCUT2D eigenvalue weighted by Gasteiger charge is 2.31. The van der Waals surface area contributed by atoms with Crippen LogP contribution in [0.1, 0.15) is 51.0 Å². The van der Waals surface area contributed by atoms with Crippen molar-refractivity contribution < 1.29 is 9.90 Å². The van der Waals surface area contributed by atoms with Gasteiger partial charge in [-0.3, -0.25) is 0 Å². The fraction of sp³-hybridized carbons (Fsp3) is 0.765. The summed E-state index contributed by atoms with van der Waals surface area (Å²) in [6.45, 7) is 3.52. The van der Waals surface area contributed by atoms with Crippen molar-refractivity contribution in [3.8, 4) is 0 Å². The summed E-state index contributed by atoms with van der Waals surface area (Å²) in [5.74, 6) is 1.54. The Hall–Kier alpha value is -1.56. The van der Waals surface area contributed by atoms with E-state index in [4.69, 9.17) is 0 Å². The summed E-state index contributed by atoms with van der Waals surface area (Å²) < 4.78 is 1.87. The molecule has 0 bridgehead atoms. The van der Waals surface area contributed by atoms with Crippen LogP contribution >= 0.6 is 0 Å². The maximum absolute atomic E-state index is 12.3. The smallest absolute Gasteiger partial charge is 0.317 e. The lowest BCUT2D eigenvalue weighted by molar-refractivity contribution is 0.0575. The molecule has 1 saturated heterocycles. The summed E-state index contributed by atoms with van der Waals surface area (Å²) in [6, 6.07) is 0.321. The van der Waals surface area contributed by atoms with E-state index in [0.29, 0.717) is 24.8 Å². The molecule has 3 rings (SSSR count). The van der Waals surface area contributed by atoms with E-state index < -0.39 is 6.10 Å². The molecule has 2 N–H and O–H groups in total.